The van der Waals surface area contributed by atoms with Crippen molar-refractivity contribution in [1.82, 2.24) is 4.90 Å². The molecule has 0 radical (unpaired) electrons. The van der Waals surface area contributed by atoms with Crippen LogP contribution in [0.1, 0.15) is 27.2 Å². The van der Waals surface area contributed by atoms with E-state index in [1.807, 2.05) is 6.08 Å². The lowest BCUT2D eigenvalue weighted by Crippen LogP contribution is -2.53. The highest BCUT2D eigenvalue weighted by atomic mass is 16.6. The second kappa shape index (κ2) is 6.04. The second-order valence-corrected chi connectivity index (χ2v) is 6.31. The van der Waals surface area contributed by atoms with Gasteiger partial charge in [0, 0.05) is 13.1 Å². The van der Waals surface area contributed by atoms with Crippen LogP contribution in [-0.2, 0) is 9.53 Å². The van der Waals surface area contributed by atoms with Gasteiger partial charge in [0.25, 0.3) is 0 Å². The van der Waals surface area contributed by atoms with E-state index >= 15 is 0 Å². The molecule has 2 heterocycles. The number of aliphatic hydroxyl groups is 3. The van der Waals surface area contributed by atoms with Gasteiger partial charge in [-0.3, -0.25) is 4.90 Å². The van der Waals surface area contributed by atoms with Gasteiger partial charge in [-0.05, 0) is 24.8 Å². The molecule has 1 saturated heterocycles. The molecule has 6 heteroatoms. The van der Waals surface area contributed by atoms with Crippen molar-refractivity contribution in [3.05, 3.63) is 11.6 Å². The minimum atomic E-state index is -1.91. The van der Waals surface area contributed by atoms with Crippen molar-refractivity contribution in [1.29, 1.82) is 0 Å². The number of carbonyl (C=O) groups is 1. The van der Waals surface area contributed by atoms with Crippen molar-refractivity contribution in [2.75, 3.05) is 19.7 Å². The van der Waals surface area contributed by atoms with Crippen molar-refractivity contribution in [3.8, 4) is 0 Å². The first-order chi connectivity index (χ1) is 9.78. The van der Waals surface area contributed by atoms with Crippen molar-refractivity contribution in [2.45, 2.75) is 51.0 Å². The van der Waals surface area contributed by atoms with Gasteiger partial charge < -0.3 is 20.1 Å². The third kappa shape index (κ3) is 2.85. The summed E-state index contributed by atoms with van der Waals surface area (Å²) in [6.45, 7) is 6.32. The topological polar surface area (TPSA) is 90.2 Å². The van der Waals surface area contributed by atoms with E-state index in [1.165, 1.54) is 6.92 Å². The lowest BCUT2D eigenvalue weighted by molar-refractivity contribution is -0.183. The van der Waals surface area contributed by atoms with Crippen molar-refractivity contribution >= 4 is 5.97 Å². The highest BCUT2D eigenvalue weighted by molar-refractivity contribution is 5.80. The van der Waals surface area contributed by atoms with Crippen LogP contribution >= 0.6 is 0 Å². The summed E-state index contributed by atoms with van der Waals surface area (Å²) in [7, 11) is 0. The Morgan fingerprint density at radius 1 is 1.52 bits per heavy atom. The van der Waals surface area contributed by atoms with Crippen LogP contribution in [0.25, 0.3) is 0 Å². The molecule has 3 N–H and O–H groups in total. The van der Waals surface area contributed by atoms with Crippen LogP contribution in [-0.4, -0.2) is 69.7 Å². The Morgan fingerprint density at radius 3 is 2.76 bits per heavy atom. The van der Waals surface area contributed by atoms with Crippen LogP contribution in [0.2, 0.25) is 0 Å². The number of hydrogen-bond donors (Lipinski definition) is 3. The minimum Gasteiger partial charge on any atom is -0.459 e. The van der Waals surface area contributed by atoms with Gasteiger partial charge >= 0.3 is 5.97 Å². The van der Waals surface area contributed by atoms with Crippen LogP contribution < -0.4 is 0 Å². The number of rotatable bonds is 5. The number of carbonyl (C=O) groups excluding carboxylic acids is 1. The predicted octanol–water partition coefficient (Wildman–Crippen LogP) is -0.327. The summed E-state index contributed by atoms with van der Waals surface area (Å²) in [6, 6.07) is -0.0866. The number of esters is 1. The summed E-state index contributed by atoms with van der Waals surface area (Å²) in [5.41, 5.74) is -1.04. The van der Waals surface area contributed by atoms with Gasteiger partial charge in [0.15, 0.2) is 5.60 Å². The van der Waals surface area contributed by atoms with Crippen LogP contribution in [0, 0.1) is 5.92 Å². The normalized spacial score (nSPS) is 30.0. The molecule has 0 spiro atoms. The molecule has 4 atom stereocenters. The summed E-state index contributed by atoms with van der Waals surface area (Å²) in [5, 5.41) is 30.0. The van der Waals surface area contributed by atoms with Crippen molar-refractivity contribution in [3.63, 3.8) is 0 Å². The van der Waals surface area contributed by atoms with Gasteiger partial charge in [0.2, 0.25) is 0 Å². The molecule has 0 aromatic rings. The van der Waals surface area contributed by atoms with E-state index in [2.05, 4.69) is 4.90 Å². The molecule has 0 aromatic carbocycles. The SMILES string of the molecule is CC(C)[C@](O)(C(=O)OCC1=CCN2CC[C@@H](O)[C@H]12)[C@H](C)O. The van der Waals surface area contributed by atoms with Crippen LogP contribution in [0.4, 0.5) is 0 Å². The van der Waals surface area contributed by atoms with Gasteiger partial charge in [-0.1, -0.05) is 19.9 Å². The van der Waals surface area contributed by atoms with Crippen molar-refractivity contribution in [2.24, 2.45) is 5.92 Å². The maximum absolute atomic E-state index is 12.1. The molecule has 0 saturated carbocycles. The Labute approximate surface area is 125 Å². The molecule has 0 amide bonds. The Kier molecular flexibility index (Phi) is 4.72. The fraction of sp³-hybridized carbons (Fsp3) is 0.800. The van der Waals surface area contributed by atoms with E-state index < -0.39 is 29.7 Å². The van der Waals surface area contributed by atoms with E-state index in [9.17, 15) is 20.1 Å². The van der Waals surface area contributed by atoms with E-state index in [0.29, 0.717) is 0 Å². The first-order valence-electron chi connectivity index (χ1n) is 7.47. The standard InChI is InChI=1S/C15H25NO5/c1-9(2)15(20,10(3)17)14(19)21-8-11-4-6-16-7-5-12(18)13(11)16/h4,9-10,12-13,17-18,20H,5-8H2,1-3H3/t10-,12+,13-,15+/m0/s1. The molecule has 120 valence electrons. The van der Waals surface area contributed by atoms with Crippen LogP contribution in [0.5, 0.6) is 0 Å². The molecule has 0 bridgehead atoms. The minimum absolute atomic E-state index is 0.0405. The first-order valence-corrected chi connectivity index (χ1v) is 7.47. The lowest BCUT2D eigenvalue weighted by atomic mass is 9.85. The van der Waals surface area contributed by atoms with E-state index in [0.717, 1.165) is 25.1 Å². The Hall–Kier alpha value is -0.950. The van der Waals surface area contributed by atoms with Gasteiger partial charge in [-0.25, -0.2) is 4.79 Å². The number of hydrogen-bond acceptors (Lipinski definition) is 6. The molecule has 2 aliphatic heterocycles. The molecule has 0 aromatic heterocycles. The Morgan fingerprint density at radius 2 is 2.19 bits per heavy atom. The van der Waals surface area contributed by atoms with E-state index in [4.69, 9.17) is 4.74 Å². The number of nitrogens with zero attached hydrogens (tertiary/aromatic N) is 1. The summed E-state index contributed by atoms with van der Waals surface area (Å²) in [5.74, 6) is -1.28. The molecular formula is C15H25NO5. The molecule has 1 fully saturated rings. The summed E-state index contributed by atoms with van der Waals surface area (Å²) in [6.07, 6.45) is 1.03. The summed E-state index contributed by atoms with van der Waals surface area (Å²) < 4.78 is 5.22. The summed E-state index contributed by atoms with van der Waals surface area (Å²) >= 11 is 0. The van der Waals surface area contributed by atoms with Crippen LogP contribution in [0.15, 0.2) is 11.6 Å². The molecule has 2 aliphatic rings. The lowest BCUT2D eigenvalue weighted by Gasteiger charge is -2.32. The molecule has 6 nitrogen and oxygen atoms in total. The predicted molar refractivity (Wildman–Crippen MR) is 76.5 cm³/mol. The number of ether oxygens (including phenoxy) is 1. The monoisotopic (exact) mass is 299 g/mol. The number of fused-ring (bicyclic) bond motifs is 1. The average Bonchev–Trinajstić information content (AvgIpc) is 2.98. The van der Waals surface area contributed by atoms with E-state index in [1.54, 1.807) is 13.8 Å². The molecule has 0 aliphatic carbocycles. The fourth-order valence-corrected chi connectivity index (χ4v) is 3.18. The second-order valence-electron chi connectivity index (χ2n) is 6.31. The largest absolute Gasteiger partial charge is 0.459 e. The van der Waals surface area contributed by atoms with Gasteiger partial charge in [0.1, 0.15) is 6.61 Å². The zero-order valence-electron chi connectivity index (χ0n) is 12.8. The quantitative estimate of drug-likeness (QED) is 0.476. The molecule has 21 heavy (non-hydrogen) atoms. The Bertz CT molecular complexity index is 424. The third-order valence-corrected chi connectivity index (χ3v) is 4.65. The van der Waals surface area contributed by atoms with Gasteiger partial charge in [0.05, 0.1) is 18.2 Å². The molecule has 0 unspecified atom stereocenters. The molecular weight excluding hydrogens is 274 g/mol. The third-order valence-electron chi connectivity index (χ3n) is 4.65. The van der Waals surface area contributed by atoms with Gasteiger partial charge in [-0.15, -0.1) is 0 Å². The highest BCUT2D eigenvalue weighted by Crippen LogP contribution is 2.30. The van der Waals surface area contributed by atoms with Gasteiger partial charge in [-0.2, -0.15) is 0 Å². The molecule has 2 rings (SSSR count). The fourth-order valence-electron chi connectivity index (χ4n) is 3.18. The number of aliphatic hydroxyl groups excluding tert-OH is 2. The highest BCUT2D eigenvalue weighted by Gasteiger charge is 2.46. The smallest absolute Gasteiger partial charge is 0.341 e. The average molecular weight is 299 g/mol. The zero-order valence-corrected chi connectivity index (χ0v) is 12.8. The zero-order chi connectivity index (χ0) is 15.8. The maximum atomic E-state index is 12.1. The van der Waals surface area contributed by atoms with E-state index in [-0.39, 0.29) is 12.6 Å². The Balaban J connectivity index is 1.98. The maximum Gasteiger partial charge on any atom is 0.341 e. The van der Waals surface area contributed by atoms with Crippen LogP contribution in [0.3, 0.4) is 0 Å². The first kappa shape index (κ1) is 16.4. The van der Waals surface area contributed by atoms with Crippen molar-refractivity contribution < 1.29 is 24.9 Å². The summed E-state index contributed by atoms with van der Waals surface area (Å²) in [4.78, 5) is 14.3.